The van der Waals surface area contributed by atoms with Gasteiger partial charge in [0.25, 0.3) is 5.91 Å². The lowest BCUT2D eigenvalue weighted by Gasteiger charge is -2.27. The Morgan fingerprint density at radius 2 is 2.02 bits per heavy atom. The number of aromatic nitrogens is 3. The summed E-state index contributed by atoms with van der Waals surface area (Å²) in [6, 6.07) is 7.57. The average Bonchev–Trinajstić information content (AvgIpc) is 3.37. The summed E-state index contributed by atoms with van der Waals surface area (Å²) in [6.45, 7) is 5.32. The van der Waals surface area contributed by atoms with Gasteiger partial charge in [0.15, 0.2) is 5.82 Å². The Hall–Kier alpha value is -3.47. The fraction of sp³-hybridized carbons (Fsp3) is 0.296. The van der Waals surface area contributed by atoms with Gasteiger partial charge in [0.05, 0.1) is 41.9 Å². The number of carbonyl (C=O) groups is 2. The maximum atomic E-state index is 14.1. The number of halogens is 2. The minimum atomic E-state index is -0.498. The van der Waals surface area contributed by atoms with Crippen LogP contribution in [0.25, 0.3) is 10.2 Å². The number of pyridine rings is 1. The highest BCUT2D eigenvalue weighted by Crippen LogP contribution is 2.45. The zero-order valence-corrected chi connectivity index (χ0v) is 24.8. The number of nitrogens with one attached hydrogen (secondary N) is 3. The van der Waals surface area contributed by atoms with Crippen LogP contribution in [0.4, 0.5) is 37.9 Å². The Bertz CT molecular complexity index is 1600. The fourth-order valence-electron chi connectivity index (χ4n) is 4.77. The molecule has 0 aliphatic carbocycles. The molecule has 2 aliphatic heterocycles. The monoisotopic (exact) mass is 688 g/mol. The second-order valence-electron chi connectivity index (χ2n) is 9.48. The molecule has 4 aromatic rings. The zero-order valence-electron chi connectivity index (χ0n) is 21.8. The van der Waals surface area contributed by atoms with Gasteiger partial charge < -0.3 is 20.7 Å². The number of hydrogen-bond acceptors (Lipinski definition) is 9. The summed E-state index contributed by atoms with van der Waals surface area (Å²) in [7, 11) is 0. The molecule has 6 rings (SSSR count). The average molecular weight is 689 g/mol. The van der Waals surface area contributed by atoms with E-state index in [1.165, 1.54) is 23.4 Å². The predicted molar refractivity (Wildman–Crippen MR) is 165 cm³/mol. The van der Waals surface area contributed by atoms with Crippen LogP contribution in [0.15, 0.2) is 42.9 Å². The van der Waals surface area contributed by atoms with E-state index in [4.69, 9.17) is 4.74 Å². The van der Waals surface area contributed by atoms with Crippen molar-refractivity contribution in [1.29, 1.82) is 0 Å². The van der Waals surface area contributed by atoms with Crippen molar-refractivity contribution < 1.29 is 18.7 Å². The number of ether oxygens (including phenoxy) is 1. The van der Waals surface area contributed by atoms with Crippen LogP contribution < -0.4 is 20.9 Å². The predicted octanol–water partition coefficient (Wildman–Crippen LogP) is 5.23. The van der Waals surface area contributed by atoms with Crippen molar-refractivity contribution in [2.45, 2.75) is 10.8 Å². The van der Waals surface area contributed by atoms with Crippen molar-refractivity contribution in [3.8, 4) is 0 Å². The standard InChI is InChI=1S/C27H26FIN8O3S/c28-19-4-3-18(12-16(19)13-29)37-24-21-22(35-27(37)39)23(41-26(21)33-15-32-24)25(38)34-17-2-5-20(31-14-17)30-6-1-7-36-8-10-40-11-9-36/h2-5,12,14-15H,1,6-11,13H2,(H,30,31)(H,34,38)(H,35,39). The summed E-state index contributed by atoms with van der Waals surface area (Å²) in [4.78, 5) is 44.3. The number of urea groups is 1. The molecule has 212 valence electrons. The van der Waals surface area contributed by atoms with Crippen LogP contribution in [0.5, 0.6) is 0 Å². The summed E-state index contributed by atoms with van der Waals surface area (Å²) >= 11 is 3.23. The molecule has 3 amide bonds. The number of alkyl halides is 1. The maximum absolute atomic E-state index is 14.1. The van der Waals surface area contributed by atoms with Crippen molar-refractivity contribution in [2.75, 3.05) is 60.2 Å². The number of carbonyl (C=O) groups excluding carboxylic acids is 2. The Labute approximate surface area is 252 Å². The molecule has 11 nitrogen and oxygen atoms in total. The number of anilines is 5. The molecule has 41 heavy (non-hydrogen) atoms. The Morgan fingerprint density at radius 3 is 2.80 bits per heavy atom. The first-order chi connectivity index (χ1) is 20.0. The van der Waals surface area contributed by atoms with E-state index < -0.39 is 11.9 Å². The summed E-state index contributed by atoms with van der Waals surface area (Å²) in [5.41, 5.74) is 1.81. The van der Waals surface area contributed by atoms with E-state index in [0.29, 0.717) is 48.0 Å². The van der Waals surface area contributed by atoms with E-state index >= 15 is 0 Å². The molecule has 0 radical (unpaired) electrons. The number of nitrogens with zero attached hydrogens (tertiary/aromatic N) is 5. The van der Waals surface area contributed by atoms with Crippen LogP contribution in [0.1, 0.15) is 21.7 Å². The number of morpholine rings is 1. The van der Waals surface area contributed by atoms with Crippen molar-refractivity contribution >= 4 is 84.8 Å². The molecule has 2 aliphatic rings. The topological polar surface area (TPSA) is 125 Å². The highest BCUT2D eigenvalue weighted by atomic mass is 127. The van der Waals surface area contributed by atoms with Gasteiger partial charge in [-0.05, 0) is 48.9 Å². The molecule has 1 fully saturated rings. The molecule has 0 atom stereocenters. The largest absolute Gasteiger partial charge is 0.379 e. The quantitative estimate of drug-likeness (QED) is 0.124. The van der Waals surface area contributed by atoms with Crippen LogP contribution >= 0.6 is 33.9 Å². The summed E-state index contributed by atoms with van der Waals surface area (Å²) in [5, 5.41) is 9.55. The van der Waals surface area contributed by atoms with Gasteiger partial charge in [0, 0.05) is 24.1 Å². The van der Waals surface area contributed by atoms with Crippen LogP contribution in [0.2, 0.25) is 0 Å². The highest BCUT2D eigenvalue weighted by molar-refractivity contribution is 14.1. The molecule has 3 aromatic heterocycles. The molecule has 0 spiro atoms. The molecule has 3 N–H and O–H groups in total. The molecule has 0 bridgehead atoms. The number of thiophene rings is 1. The Morgan fingerprint density at radius 1 is 1.17 bits per heavy atom. The van der Waals surface area contributed by atoms with Crippen molar-refractivity contribution in [1.82, 2.24) is 19.9 Å². The normalized spacial score (nSPS) is 15.2. The van der Waals surface area contributed by atoms with Crippen molar-refractivity contribution in [3.05, 3.63) is 59.1 Å². The van der Waals surface area contributed by atoms with Gasteiger partial charge >= 0.3 is 6.03 Å². The fourth-order valence-corrected chi connectivity index (χ4v) is 6.34. The van der Waals surface area contributed by atoms with Crippen LogP contribution in [-0.2, 0) is 9.16 Å². The smallest absolute Gasteiger partial charge is 0.332 e. The molecule has 0 saturated carbocycles. The van der Waals surface area contributed by atoms with Gasteiger partial charge in [-0.25, -0.2) is 29.0 Å². The van der Waals surface area contributed by atoms with Gasteiger partial charge in [-0.3, -0.25) is 9.69 Å². The third kappa shape index (κ3) is 5.82. The molecule has 1 saturated heterocycles. The van der Waals surface area contributed by atoms with Crippen LogP contribution in [-0.4, -0.2) is 71.2 Å². The maximum Gasteiger partial charge on any atom is 0.332 e. The van der Waals surface area contributed by atoms with Gasteiger partial charge in [0.2, 0.25) is 0 Å². The number of amides is 3. The second kappa shape index (κ2) is 12.2. The summed E-state index contributed by atoms with van der Waals surface area (Å²) in [5.74, 6) is 0.317. The molecular formula is C27H26FIN8O3S. The second-order valence-corrected chi connectivity index (χ2v) is 11.2. The highest BCUT2D eigenvalue weighted by Gasteiger charge is 2.34. The Balaban J connectivity index is 1.16. The molecule has 1 aromatic carbocycles. The first-order valence-corrected chi connectivity index (χ1v) is 15.4. The Kier molecular flexibility index (Phi) is 8.23. The van der Waals surface area contributed by atoms with Gasteiger partial charge in [-0.1, -0.05) is 22.6 Å². The van der Waals surface area contributed by atoms with E-state index in [2.05, 4.69) is 58.4 Å². The van der Waals surface area contributed by atoms with E-state index in [1.807, 2.05) is 6.07 Å². The van der Waals surface area contributed by atoms with E-state index in [1.54, 1.807) is 18.3 Å². The molecule has 0 unspecified atom stereocenters. The molecule has 5 heterocycles. The van der Waals surface area contributed by atoms with Gasteiger partial charge in [-0.15, -0.1) is 11.3 Å². The first-order valence-electron chi connectivity index (χ1n) is 13.1. The van der Waals surface area contributed by atoms with E-state index in [0.717, 1.165) is 63.0 Å². The minimum Gasteiger partial charge on any atom is -0.379 e. The third-order valence-electron chi connectivity index (χ3n) is 6.84. The van der Waals surface area contributed by atoms with Crippen molar-refractivity contribution in [3.63, 3.8) is 0 Å². The van der Waals surface area contributed by atoms with Crippen LogP contribution in [0, 0.1) is 5.82 Å². The number of benzene rings is 1. The SMILES string of the molecule is O=C(Nc1ccc(NCCCN2CCOCC2)nc1)c1sc2ncnc3c2c1NC(=O)N3c1ccc(F)c(CI)c1. The van der Waals surface area contributed by atoms with Crippen LogP contribution in [0.3, 0.4) is 0 Å². The van der Waals surface area contributed by atoms with Gasteiger partial charge in [0.1, 0.15) is 27.7 Å². The lowest BCUT2D eigenvalue weighted by molar-refractivity contribution is 0.0378. The minimum absolute atomic E-state index is 0.298. The lowest BCUT2D eigenvalue weighted by Crippen LogP contribution is -2.37. The third-order valence-corrected chi connectivity index (χ3v) is 8.75. The molecular weight excluding hydrogens is 662 g/mol. The lowest BCUT2D eigenvalue weighted by atomic mass is 10.1. The summed E-state index contributed by atoms with van der Waals surface area (Å²) < 4.78 is 20.0. The zero-order chi connectivity index (χ0) is 28.3. The number of rotatable bonds is 9. The first kappa shape index (κ1) is 27.7. The number of hydrogen-bond donors (Lipinski definition) is 3. The van der Waals surface area contributed by atoms with Crippen molar-refractivity contribution in [2.24, 2.45) is 0 Å². The summed E-state index contributed by atoms with van der Waals surface area (Å²) in [6.07, 6.45) is 3.93. The van der Waals surface area contributed by atoms with E-state index in [9.17, 15) is 14.0 Å². The van der Waals surface area contributed by atoms with Gasteiger partial charge in [-0.2, -0.15) is 0 Å². The molecule has 14 heteroatoms. The van der Waals surface area contributed by atoms with E-state index in [-0.39, 0.29) is 5.82 Å².